The zero-order chi connectivity index (χ0) is 37.7. The summed E-state index contributed by atoms with van der Waals surface area (Å²) in [6, 6.07) is 0.220. The highest BCUT2D eigenvalue weighted by molar-refractivity contribution is 5.67. The van der Waals surface area contributed by atoms with E-state index in [1.54, 1.807) is 7.11 Å². The van der Waals surface area contributed by atoms with Gasteiger partial charge in [-0.3, -0.25) is 0 Å². The van der Waals surface area contributed by atoms with Crippen LogP contribution in [-0.2, 0) is 14.2 Å². The van der Waals surface area contributed by atoms with Crippen LogP contribution in [0.5, 0.6) is 0 Å². The largest absolute Gasteiger partial charge is 0.449 e. The van der Waals surface area contributed by atoms with Gasteiger partial charge in [-0.05, 0) is 47.0 Å². The molecule has 1 N–H and O–H groups in total. The quantitative estimate of drug-likeness (QED) is 0.0640. The molecule has 1 atom stereocenters. The van der Waals surface area contributed by atoms with Crippen molar-refractivity contribution in [2.24, 2.45) is 0 Å². The molecule has 0 aromatic carbocycles. The molecule has 51 heavy (non-hydrogen) atoms. The Morgan fingerprint density at radius 1 is 0.471 bits per heavy atom. The number of carbonyl (C=O) groups excluding carboxylic acids is 1. The van der Waals surface area contributed by atoms with E-state index < -0.39 is 0 Å². The maximum atomic E-state index is 12.8. The minimum Gasteiger partial charge on any atom is -0.449 e. The number of nitrogens with one attached hydrogen (secondary N) is 1. The van der Waals surface area contributed by atoms with E-state index in [9.17, 15) is 4.79 Å². The summed E-state index contributed by atoms with van der Waals surface area (Å²) in [4.78, 5) is 12.8. The minimum atomic E-state index is -0.342. The molecule has 306 valence electrons. The summed E-state index contributed by atoms with van der Waals surface area (Å²) in [6.45, 7) is 13.9. The van der Waals surface area contributed by atoms with Crippen molar-refractivity contribution >= 4 is 6.09 Å². The second kappa shape index (κ2) is 36.2. The first kappa shape index (κ1) is 50.2. The maximum Gasteiger partial charge on any atom is 0.407 e. The Bertz CT molecular complexity index is 724. The number of unbranched alkanes of at least 4 members (excludes halogenated alkanes) is 27. The normalized spacial score (nSPS) is 12.8. The molecule has 5 heteroatoms. The van der Waals surface area contributed by atoms with Crippen molar-refractivity contribution in [2.45, 2.75) is 271 Å². The molecule has 0 rings (SSSR count). The predicted octanol–water partition coefficient (Wildman–Crippen LogP) is 15.2. The van der Waals surface area contributed by atoms with E-state index >= 15 is 0 Å². The second-order valence-electron chi connectivity index (χ2n) is 17.2. The lowest BCUT2D eigenvalue weighted by atomic mass is 9.99. The fourth-order valence-corrected chi connectivity index (χ4v) is 6.98. The molecule has 5 nitrogen and oxygen atoms in total. The molecule has 0 aromatic heterocycles. The monoisotopic (exact) mass is 724 g/mol. The van der Waals surface area contributed by atoms with Gasteiger partial charge in [0, 0.05) is 19.6 Å². The molecule has 0 spiro atoms. The van der Waals surface area contributed by atoms with Crippen LogP contribution in [0.2, 0.25) is 0 Å². The van der Waals surface area contributed by atoms with Crippen molar-refractivity contribution in [3.05, 3.63) is 0 Å². The van der Waals surface area contributed by atoms with Gasteiger partial charge in [0.2, 0.25) is 0 Å². The SMILES string of the molecule is CCCCCCCCCCCCCCCCCCC(CCCCCCCCCCCCCCC)NC(=O)OCCC(C)(C)OCCC(C)(C)OC. The molecular formula is C46H93NO4. The fourth-order valence-electron chi connectivity index (χ4n) is 6.98. The molecule has 0 bridgehead atoms. The van der Waals surface area contributed by atoms with Gasteiger partial charge in [-0.2, -0.15) is 0 Å². The van der Waals surface area contributed by atoms with E-state index in [0.29, 0.717) is 19.6 Å². The Labute approximate surface area is 320 Å². The second-order valence-corrected chi connectivity index (χ2v) is 17.2. The third-order valence-electron chi connectivity index (χ3n) is 11.1. The first-order chi connectivity index (χ1) is 24.7. The van der Waals surface area contributed by atoms with E-state index in [-0.39, 0.29) is 23.3 Å². The molecule has 0 aliphatic carbocycles. The summed E-state index contributed by atoms with van der Waals surface area (Å²) in [5.41, 5.74) is -0.535. The van der Waals surface area contributed by atoms with Gasteiger partial charge in [0.15, 0.2) is 0 Å². The van der Waals surface area contributed by atoms with Crippen LogP contribution >= 0.6 is 0 Å². The van der Waals surface area contributed by atoms with Gasteiger partial charge in [0.05, 0.1) is 24.4 Å². The van der Waals surface area contributed by atoms with E-state index in [1.165, 1.54) is 186 Å². The van der Waals surface area contributed by atoms with Gasteiger partial charge >= 0.3 is 6.09 Å². The van der Waals surface area contributed by atoms with E-state index in [1.807, 2.05) is 0 Å². The van der Waals surface area contributed by atoms with Crippen molar-refractivity contribution in [3.8, 4) is 0 Å². The number of rotatable bonds is 40. The van der Waals surface area contributed by atoms with Crippen LogP contribution in [-0.4, -0.2) is 43.7 Å². The molecule has 1 unspecified atom stereocenters. The zero-order valence-corrected chi connectivity index (χ0v) is 36.0. The highest BCUT2D eigenvalue weighted by Gasteiger charge is 2.23. The van der Waals surface area contributed by atoms with Crippen LogP contribution in [0.3, 0.4) is 0 Å². The van der Waals surface area contributed by atoms with Crippen LogP contribution < -0.4 is 5.32 Å². The van der Waals surface area contributed by atoms with Crippen molar-refractivity contribution in [2.75, 3.05) is 20.3 Å². The summed E-state index contributed by atoms with van der Waals surface area (Å²) < 4.78 is 17.3. The third kappa shape index (κ3) is 37.3. The Morgan fingerprint density at radius 2 is 0.784 bits per heavy atom. The lowest BCUT2D eigenvalue weighted by Gasteiger charge is -2.28. The van der Waals surface area contributed by atoms with Crippen LogP contribution in [0, 0.1) is 0 Å². The summed E-state index contributed by atoms with van der Waals surface area (Å²) in [5.74, 6) is 0. The number of alkyl carbamates (subject to hydrolysis) is 1. The van der Waals surface area contributed by atoms with E-state index in [4.69, 9.17) is 14.2 Å². The Balaban J connectivity index is 4.28. The lowest BCUT2D eigenvalue weighted by Crippen LogP contribution is -2.36. The summed E-state index contributed by atoms with van der Waals surface area (Å²) in [5, 5.41) is 3.25. The Morgan fingerprint density at radius 3 is 1.12 bits per heavy atom. The number of carbonyl (C=O) groups is 1. The predicted molar refractivity (Wildman–Crippen MR) is 223 cm³/mol. The van der Waals surface area contributed by atoms with Crippen molar-refractivity contribution in [1.82, 2.24) is 5.32 Å². The van der Waals surface area contributed by atoms with Gasteiger partial charge < -0.3 is 19.5 Å². The first-order valence-electron chi connectivity index (χ1n) is 22.8. The number of hydrogen-bond acceptors (Lipinski definition) is 4. The van der Waals surface area contributed by atoms with Crippen molar-refractivity contribution < 1.29 is 19.0 Å². The van der Waals surface area contributed by atoms with Gasteiger partial charge in [-0.25, -0.2) is 4.79 Å². The number of amides is 1. The highest BCUT2D eigenvalue weighted by Crippen LogP contribution is 2.20. The number of hydrogen-bond donors (Lipinski definition) is 1. The topological polar surface area (TPSA) is 56.8 Å². The standard InChI is InChI=1S/C46H93NO4/c1-8-10-12-14-16-18-20-22-23-24-26-28-30-32-34-36-38-43(37-35-33-31-29-27-25-21-19-17-15-13-11-9-2)47-44(48)50-41-39-46(5,6)51-42-40-45(3,4)49-7/h43H,8-42H2,1-7H3,(H,47,48). The average molecular weight is 724 g/mol. The van der Waals surface area contributed by atoms with E-state index in [2.05, 4.69) is 46.9 Å². The molecule has 0 aromatic rings. The molecule has 0 saturated carbocycles. The Hall–Kier alpha value is -0.810. The molecule has 0 aliphatic heterocycles. The van der Waals surface area contributed by atoms with Crippen molar-refractivity contribution in [3.63, 3.8) is 0 Å². The smallest absolute Gasteiger partial charge is 0.407 e. The summed E-state index contributed by atoms with van der Waals surface area (Å²) in [7, 11) is 1.74. The van der Waals surface area contributed by atoms with Crippen LogP contribution in [0.15, 0.2) is 0 Å². The minimum absolute atomic E-state index is 0.193. The average Bonchev–Trinajstić information content (AvgIpc) is 3.09. The van der Waals surface area contributed by atoms with Gasteiger partial charge in [-0.15, -0.1) is 0 Å². The lowest BCUT2D eigenvalue weighted by molar-refractivity contribution is -0.0662. The van der Waals surface area contributed by atoms with E-state index in [0.717, 1.165) is 19.3 Å². The number of methoxy groups -OCH3 is 1. The molecule has 0 fully saturated rings. The highest BCUT2D eigenvalue weighted by atomic mass is 16.6. The molecule has 0 saturated heterocycles. The Kier molecular flexibility index (Phi) is 35.6. The van der Waals surface area contributed by atoms with Crippen molar-refractivity contribution in [1.29, 1.82) is 0 Å². The first-order valence-corrected chi connectivity index (χ1v) is 22.8. The zero-order valence-electron chi connectivity index (χ0n) is 36.0. The van der Waals surface area contributed by atoms with Crippen LogP contribution in [0.1, 0.15) is 253 Å². The molecule has 0 heterocycles. The van der Waals surface area contributed by atoms with Gasteiger partial charge in [-0.1, -0.05) is 200 Å². The van der Waals surface area contributed by atoms with Gasteiger partial charge in [0.25, 0.3) is 0 Å². The maximum absolute atomic E-state index is 12.8. The molecule has 0 radical (unpaired) electrons. The molecular weight excluding hydrogens is 631 g/mol. The van der Waals surface area contributed by atoms with Gasteiger partial charge in [0.1, 0.15) is 0 Å². The third-order valence-corrected chi connectivity index (χ3v) is 11.1. The molecule has 1 amide bonds. The summed E-state index contributed by atoms with van der Waals surface area (Å²) >= 11 is 0. The number of ether oxygens (including phenoxy) is 3. The summed E-state index contributed by atoms with van der Waals surface area (Å²) in [6.07, 6.45) is 43.3. The molecule has 0 aliphatic rings. The fraction of sp³-hybridized carbons (Fsp3) is 0.978. The van der Waals surface area contributed by atoms with Crippen LogP contribution in [0.4, 0.5) is 4.79 Å². The van der Waals surface area contributed by atoms with Crippen LogP contribution in [0.25, 0.3) is 0 Å².